The van der Waals surface area contributed by atoms with Crippen molar-refractivity contribution >= 4 is 43.4 Å². The highest BCUT2D eigenvalue weighted by molar-refractivity contribution is 6.23. The van der Waals surface area contributed by atoms with Gasteiger partial charge in [-0.05, 0) is 63.2 Å². The summed E-state index contributed by atoms with van der Waals surface area (Å²) in [4.78, 5) is 17.2. The molecule has 40 heavy (non-hydrogen) atoms. The van der Waals surface area contributed by atoms with Crippen molar-refractivity contribution in [1.29, 1.82) is 0 Å². The molecule has 0 unspecified atom stereocenters. The van der Waals surface area contributed by atoms with Gasteiger partial charge in [-0.1, -0.05) is 88.4 Å². The van der Waals surface area contributed by atoms with Gasteiger partial charge in [-0.25, -0.2) is 9.97 Å². The second-order valence-electron chi connectivity index (χ2n) is 11.9. The average Bonchev–Trinajstić information content (AvgIpc) is 3.63. The summed E-state index contributed by atoms with van der Waals surface area (Å²) in [6, 6.07) is 27.1. The number of benzene rings is 5. The number of hydrogen-bond acceptors (Lipinski definition) is 2. The Morgan fingerprint density at radius 2 is 1.35 bits per heavy atom. The van der Waals surface area contributed by atoms with Crippen LogP contribution in [-0.4, -0.2) is 19.9 Å². The Kier molecular flexibility index (Phi) is 5.00. The van der Waals surface area contributed by atoms with Crippen molar-refractivity contribution in [2.45, 2.75) is 52.4 Å². The summed E-state index contributed by atoms with van der Waals surface area (Å²) in [6.45, 7) is 8.77. The van der Waals surface area contributed by atoms with Crippen molar-refractivity contribution < 1.29 is 0 Å². The molecule has 0 aliphatic heterocycles. The van der Waals surface area contributed by atoms with Crippen molar-refractivity contribution in [3.8, 4) is 22.4 Å². The number of hydrogen-bond donors (Lipinski definition) is 2. The minimum atomic E-state index is 0.348. The number of rotatable bonds is 3. The monoisotopic (exact) mass is 520 g/mol. The largest absolute Gasteiger partial charge is 0.345 e. The summed E-state index contributed by atoms with van der Waals surface area (Å²) in [6.07, 6.45) is 2.06. The van der Waals surface area contributed by atoms with Crippen LogP contribution in [0, 0.1) is 0 Å². The van der Waals surface area contributed by atoms with Crippen LogP contribution in [-0.2, 0) is 12.8 Å². The van der Waals surface area contributed by atoms with Gasteiger partial charge >= 0.3 is 0 Å². The average molecular weight is 521 g/mol. The second-order valence-corrected chi connectivity index (χ2v) is 11.9. The van der Waals surface area contributed by atoms with E-state index in [4.69, 9.17) is 9.97 Å². The fourth-order valence-corrected chi connectivity index (χ4v) is 6.57. The molecular weight excluding hydrogens is 488 g/mol. The fourth-order valence-electron chi connectivity index (χ4n) is 6.57. The Bertz CT molecular complexity index is 2120. The molecule has 4 nitrogen and oxygen atoms in total. The highest BCUT2D eigenvalue weighted by Gasteiger charge is 2.23. The van der Waals surface area contributed by atoms with Crippen molar-refractivity contribution in [2.75, 3.05) is 0 Å². The first kappa shape index (κ1) is 23.4. The van der Waals surface area contributed by atoms with Gasteiger partial charge in [0, 0.05) is 33.9 Å². The third-order valence-corrected chi connectivity index (χ3v) is 8.72. The van der Waals surface area contributed by atoms with Crippen LogP contribution >= 0.6 is 0 Å². The number of nitrogens with zero attached hydrogens (tertiary/aromatic N) is 2. The van der Waals surface area contributed by atoms with E-state index in [1.165, 1.54) is 60.3 Å². The molecule has 2 N–H and O–H groups in total. The maximum atomic E-state index is 5.00. The number of H-pyrrole nitrogens is 2. The molecule has 1 aliphatic rings. The molecule has 7 aromatic rings. The van der Waals surface area contributed by atoms with Gasteiger partial charge < -0.3 is 9.97 Å². The van der Waals surface area contributed by atoms with E-state index in [9.17, 15) is 0 Å². The number of aromatic nitrogens is 4. The van der Waals surface area contributed by atoms with Crippen LogP contribution < -0.4 is 0 Å². The van der Waals surface area contributed by atoms with E-state index in [1.807, 2.05) is 0 Å². The number of fused-ring (bicyclic) bond motifs is 11. The lowest BCUT2D eigenvalue weighted by Crippen LogP contribution is -2.04. The molecule has 0 saturated carbocycles. The van der Waals surface area contributed by atoms with Gasteiger partial charge in [-0.15, -0.1) is 0 Å². The molecule has 0 bridgehead atoms. The van der Waals surface area contributed by atoms with Crippen LogP contribution in [0.3, 0.4) is 0 Å². The summed E-state index contributed by atoms with van der Waals surface area (Å²) < 4.78 is 0. The number of aromatic amines is 2. The number of aryl methyl sites for hydroxylation is 2. The van der Waals surface area contributed by atoms with Gasteiger partial charge in [0.1, 0.15) is 11.6 Å². The number of nitrogens with one attached hydrogen (secondary N) is 2. The maximum absolute atomic E-state index is 5.00. The lowest BCUT2D eigenvalue weighted by atomic mass is 9.87. The summed E-state index contributed by atoms with van der Waals surface area (Å²) in [5.74, 6) is 2.88. The zero-order valence-corrected chi connectivity index (χ0v) is 23.4. The van der Waals surface area contributed by atoms with E-state index in [0.717, 1.165) is 41.2 Å². The first-order valence-electron chi connectivity index (χ1n) is 14.5. The molecule has 1 aliphatic carbocycles. The molecular formula is C36H32N4. The van der Waals surface area contributed by atoms with Crippen molar-refractivity contribution in [2.24, 2.45) is 0 Å². The van der Waals surface area contributed by atoms with Crippen LogP contribution in [0.25, 0.3) is 65.7 Å². The van der Waals surface area contributed by atoms with Crippen LogP contribution in [0.1, 0.15) is 62.4 Å². The maximum Gasteiger partial charge on any atom is 0.109 e. The zero-order chi connectivity index (χ0) is 27.1. The smallest absolute Gasteiger partial charge is 0.109 e. The lowest BCUT2D eigenvalue weighted by molar-refractivity contribution is 0.787. The molecule has 2 heterocycles. The fraction of sp³-hybridized carbons (Fsp3) is 0.222. The quantitative estimate of drug-likeness (QED) is 0.228. The Hall–Kier alpha value is -4.44. The van der Waals surface area contributed by atoms with Gasteiger partial charge in [0.25, 0.3) is 0 Å². The molecule has 2 aromatic heterocycles. The van der Waals surface area contributed by atoms with E-state index in [1.54, 1.807) is 0 Å². The third-order valence-electron chi connectivity index (χ3n) is 8.72. The first-order valence-corrected chi connectivity index (χ1v) is 14.5. The van der Waals surface area contributed by atoms with E-state index >= 15 is 0 Å². The highest BCUT2D eigenvalue weighted by atomic mass is 14.9. The van der Waals surface area contributed by atoms with Gasteiger partial charge in [0.2, 0.25) is 0 Å². The molecule has 0 radical (unpaired) electrons. The van der Waals surface area contributed by atoms with Gasteiger partial charge in [-0.3, -0.25) is 0 Å². The molecule has 0 saturated heterocycles. The molecule has 0 fully saturated rings. The molecule has 4 heteroatoms. The summed E-state index contributed by atoms with van der Waals surface area (Å²) in [5.41, 5.74) is 9.80. The normalized spacial score (nSPS) is 13.2. The second kappa shape index (κ2) is 8.53. The summed E-state index contributed by atoms with van der Waals surface area (Å²) >= 11 is 0. The SMILES string of the molecule is CC(C)c1nc2c([nH]1)CCc1c-2ccc2cc(-c3ccc4c(c3)c3ccccc3c3nc(C(C)C)[nH]c43)ccc12. The molecule has 0 spiro atoms. The third kappa shape index (κ3) is 3.38. The summed E-state index contributed by atoms with van der Waals surface area (Å²) in [5, 5.41) is 7.56. The van der Waals surface area contributed by atoms with Crippen molar-refractivity contribution in [3.05, 3.63) is 95.7 Å². The molecule has 0 atom stereocenters. The highest BCUT2D eigenvalue weighted by Crippen LogP contribution is 2.40. The standard InChI is InChI=1S/C36H32N4/c1-19(2)35-37-31-16-15-26-24-12-9-21(17-23(24)11-14-28(26)32(31)38-35)22-10-13-29-30(18-22)25-7-5-6-8-27(25)33-34(29)40-36(39-33)20(3)4/h5-14,17-20H,15-16H2,1-4H3,(H,37,38)(H,39,40). The first-order chi connectivity index (χ1) is 19.5. The Balaban J connectivity index is 1.28. The zero-order valence-electron chi connectivity index (χ0n) is 23.4. The molecule has 0 amide bonds. The topological polar surface area (TPSA) is 57.4 Å². The molecule has 196 valence electrons. The Morgan fingerprint density at radius 1 is 0.625 bits per heavy atom. The lowest BCUT2D eigenvalue weighted by Gasteiger charge is -2.18. The number of imidazole rings is 2. The van der Waals surface area contributed by atoms with Crippen molar-refractivity contribution in [1.82, 2.24) is 19.9 Å². The van der Waals surface area contributed by atoms with Gasteiger partial charge in [0.05, 0.1) is 16.7 Å². The Labute approximate surface area is 233 Å². The van der Waals surface area contributed by atoms with Crippen LogP contribution in [0.2, 0.25) is 0 Å². The predicted octanol–water partition coefficient (Wildman–Crippen LogP) is 9.42. The molecule has 5 aromatic carbocycles. The Morgan fingerprint density at radius 3 is 2.15 bits per heavy atom. The van der Waals surface area contributed by atoms with Gasteiger partial charge in [0.15, 0.2) is 0 Å². The van der Waals surface area contributed by atoms with Crippen LogP contribution in [0.4, 0.5) is 0 Å². The summed E-state index contributed by atoms with van der Waals surface area (Å²) in [7, 11) is 0. The van der Waals surface area contributed by atoms with E-state index in [-0.39, 0.29) is 0 Å². The van der Waals surface area contributed by atoms with Crippen LogP contribution in [0.15, 0.2) is 72.8 Å². The van der Waals surface area contributed by atoms with Crippen LogP contribution in [0.5, 0.6) is 0 Å². The minimum absolute atomic E-state index is 0.348. The van der Waals surface area contributed by atoms with E-state index in [2.05, 4.69) is 110 Å². The van der Waals surface area contributed by atoms with Gasteiger partial charge in [-0.2, -0.15) is 0 Å². The van der Waals surface area contributed by atoms with Crippen molar-refractivity contribution in [3.63, 3.8) is 0 Å². The minimum Gasteiger partial charge on any atom is -0.345 e. The molecule has 8 rings (SSSR count). The predicted molar refractivity (Wildman–Crippen MR) is 167 cm³/mol. The van der Waals surface area contributed by atoms with E-state index in [0.29, 0.717) is 11.8 Å². The van der Waals surface area contributed by atoms with E-state index < -0.39 is 0 Å².